The molecule has 0 aliphatic heterocycles. The highest BCUT2D eigenvalue weighted by molar-refractivity contribution is 5.89. The molecule has 1 aliphatic rings. The third kappa shape index (κ3) is 6.96. The largest absolute Gasteiger partial charge is 0.457 e. The summed E-state index contributed by atoms with van der Waals surface area (Å²) in [6, 6.07) is 22.2. The highest BCUT2D eigenvalue weighted by Crippen LogP contribution is 2.46. The molecular weight excluding hydrogens is 488 g/mol. The zero-order chi connectivity index (χ0) is 28.0. The number of carbonyl (C=O) groups is 2. The highest BCUT2D eigenvalue weighted by atomic mass is 16.6. The van der Waals surface area contributed by atoms with Crippen LogP contribution in [0.4, 0.5) is 0 Å². The zero-order valence-corrected chi connectivity index (χ0v) is 23.8. The van der Waals surface area contributed by atoms with E-state index < -0.39 is 18.0 Å². The van der Waals surface area contributed by atoms with Crippen molar-refractivity contribution >= 4 is 11.9 Å². The van der Waals surface area contributed by atoms with Gasteiger partial charge in [0.25, 0.3) is 0 Å². The fourth-order valence-corrected chi connectivity index (χ4v) is 5.05. The molecule has 0 saturated heterocycles. The Bertz CT molecular complexity index is 1270. The number of carbonyl (C=O) groups excluding carboxylic acids is 2. The molecule has 0 amide bonds. The van der Waals surface area contributed by atoms with Crippen molar-refractivity contribution in [3.63, 3.8) is 0 Å². The van der Waals surface area contributed by atoms with Crippen LogP contribution in [0.25, 0.3) is 0 Å². The third-order valence-electron chi connectivity index (χ3n) is 7.70. The first-order chi connectivity index (χ1) is 18.6. The molecule has 0 bridgehead atoms. The summed E-state index contributed by atoms with van der Waals surface area (Å²) in [6.45, 7) is 11.9. The quantitative estimate of drug-likeness (QED) is 0.152. The van der Waals surface area contributed by atoms with Crippen molar-refractivity contribution in [2.45, 2.75) is 83.8 Å². The van der Waals surface area contributed by atoms with E-state index in [1.54, 1.807) is 24.3 Å². The molecule has 206 valence electrons. The van der Waals surface area contributed by atoms with Gasteiger partial charge in [-0.25, -0.2) is 9.59 Å². The molecule has 0 fully saturated rings. The minimum atomic E-state index is -0.835. The number of esters is 2. The predicted octanol–water partition coefficient (Wildman–Crippen LogP) is 7.86. The van der Waals surface area contributed by atoms with Gasteiger partial charge in [0.15, 0.2) is 6.10 Å². The normalized spacial score (nSPS) is 16.1. The monoisotopic (exact) mass is 528 g/mol. The average molecular weight is 529 g/mol. The minimum Gasteiger partial charge on any atom is -0.457 e. The van der Waals surface area contributed by atoms with Crippen molar-refractivity contribution < 1.29 is 23.8 Å². The maximum Gasteiger partial charge on any atom is 0.345 e. The molecule has 5 nitrogen and oxygen atoms in total. The Hall–Kier alpha value is -3.44. The number of fused-ring (bicyclic) bond motifs is 1. The number of unbranched alkanes of at least 4 members (excludes halogenated alkanes) is 1. The van der Waals surface area contributed by atoms with E-state index in [0.717, 1.165) is 36.8 Å². The lowest BCUT2D eigenvalue weighted by Gasteiger charge is -2.42. The van der Waals surface area contributed by atoms with Crippen LogP contribution in [0.15, 0.2) is 72.8 Å². The zero-order valence-electron chi connectivity index (χ0n) is 23.8. The summed E-state index contributed by atoms with van der Waals surface area (Å²) in [7, 11) is 0. The van der Waals surface area contributed by atoms with Crippen molar-refractivity contribution in [3.05, 3.63) is 101 Å². The van der Waals surface area contributed by atoms with E-state index in [9.17, 15) is 9.59 Å². The van der Waals surface area contributed by atoms with Gasteiger partial charge in [-0.05, 0) is 76.6 Å². The van der Waals surface area contributed by atoms with Crippen LogP contribution in [0, 0.1) is 0 Å². The van der Waals surface area contributed by atoms with Crippen LogP contribution in [0.5, 0.6) is 5.75 Å². The van der Waals surface area contributed by atoms with Crippen molar-refractivity contribution in [1.82, 2.24) is 0 Å². The molecular formula is C34H40O5. The smallest absolute Gasteiger partial charge is 0.345 e. The van der Waals surface area contributed by atoms with E-state index in [1.165, 1.54) is 11.1 Å². The molecule has 3 aromatic rings. The van der Waals surface area contributed by atoms with Gasteiger partial charge in [-0.3, -0.25) is 0 Å². The van der Waals surface area contributed by atoms with Gasteiger partial charge in [-0.15, -0.1) is 0 Å². The number of ether oxygens (including phenoxy) is 3. The minimum absolute atomic E-state index is 0.0175. The Balaban J connectivity index is 1.49. The van der Waals surface area contributed by atoms with Gasteiger partial charge in [0.05, 0.1) is 5.56 Å². The van der Waals surface area contributed by atoms with Crippen molar-refractivity contribution in [2.24, 2.45) is 0 Å². The molecule has 0 heterocycles. The fraction of sp³-hybridized carbons (Fsp3) is 0.412. The number of rotatable bonds is 10. The van der Waals surface area contributed by atoms with Crippen LogP contribution in [0.2, 0.25) is 0 Å². The molecule has 1 aliphatic carbocycles. The lowest BCUT2D eigenvalue weighted by atomic mass is 9.63. The maximum absolute atomic E-state index is 13.4. The summed E-state index contributed by atoms with van der Waals surface area (Å²) in [5.41, 5.74) is 4.82. The van der Waals surface area contributed by atoms with E-state index in [4.69, 9.17) is 14.2 Å². The molecule has 0 saturated carbocycles. The molecule has 5 heteroatoms. The van der Waals surface area contributed by atoms with Crippen molar-refractivity contribution in [3.8, 4) is 5.75 Å². The van der Waals surface area contributed by atoms with E-state index in [1.807, 2.05) is 36.4 Å². The third-order valence-corrected chi connectivity index (χ3v) is 7.70. The molecule has 0 N–H and O–H groups in total. The topological polar surface area (TPSA) is 61.8 Å². The van der Waals surface area contributed by atoms with Crippen LogP contribution in [0.3, 0.4) is 0 Å². The first kappa shape index (κ1) is 28.6. The Morgan fingerprint density at radius 3 is 2.18 bits per heavy atom. The standard InChI is InChI=1S/C34H40O5/c1-6-7-21-37-30(26-15-18-28-29(22-26)34(4,5)20-19-33(28,2)3)32(36)39-27-16-13-25(14-17-27)31(35)38-23-24-11-9-8-10-12-24/h8-18,22,30H,6-7,19-21,23H2,1-5H3. The molecule has 1 unspecified atom stereocenters. The first-order valence-electron chi connectivity index (χ1n) is 13.9. The molecule has 1 atom stereocenters. The molecule has 0 radical (unpaired) electrons. The van der Waals surface area contributed by atoms with Crippen LogP contribution >= 0.6 is 0 Å². The van der Waals surface area contributed by atoms with Crippen LogP contribution in [-0.4, -0.2) is 18.5 Å². The number of benzene rings is 3. The molecule has 3 aromatic carbocycles. The summed E-state index contributed by atoms with van der Waals surface area (Å²) in [5.74, 6) is -0.557. The second kappa shape index (κ2) is 12.2. The van der Waals surface area contributed by atoms with Gasteiger partial charge in [0.2, 0.25) is 0 Å². The Labute approximate surface area is 232 Å². The Kier molecular flexibility index (Phi) is 8.91. The molecule has 4 rings (SSSR count). The van der Waals surface area contributed by atoms with Crippen LogP contribution in [0.1, 0.15) is 99.0 Å². The summed E-state index contributed by atoms with van der Waals surface area (Å²) < 4.78 is 17.2. The molecule has 39 heavy (non-hydrogen) atoms. The summed E-state index contributed by atoms with van der Waals surface area (Å²) in [5, 5.41) is 0. The van der Waals surface area contributed by atoms with E-state index in [2.05, 4.69) is 46.8 Å². The molecule has 0 spiro atoms. The summed E-state index contributed by atoms with van der Waals surface area (Å²) >= 11 is 0. The van der Waals surface area contributed by atoms with Crippen LogP contribution in [-0.2, 0) is 31.7 Å². The van der Waals surface area contributed by atoms with Gasteiger partial charge in [-0.1, -0.05) is 89.6 Å². The average Bonchev–Trinajstić information content (AvgIpc) is 2.93. The maximum atomic E-state index is 13.4. The Morgan fingerprint density at radius 1 is 0.846 bits per heavy atom. The van der Waals surface area contributed by atoms with Crippen LogP contribution < -0.4 is 4.74 Å². The number of hydrogen-bond donors (Lipinski definition) is 0. The van der Waals surface area contributed by atoms with E-state index in [0.29, 0.717) is 17.9 Å². The van der Waals surface area contributed by atoms with Gasteiger partial charge >= 0.3 is 11.9 Å². The van der Waals surface area contributed by atoms with Crippen molar-refractivity contribution in [2.75, 3.05) is 6.61 Å². The second-order valence-corrected chi connectivity index (χ2v) is 11.7. The van der Waals surface area contributed by atoms with E-state index in [-0.39, 0.29) is 17.4 Å². The van der Waals surface area contributed by atoms with Crippen molar-refractivity contribution in [1.29, 1.82) is 0 Å². The van der Waals surface area contributed by atoms with Gasteiger partial charge in [-0.2, -0.15) is 0 Å². The highest BCUT2D eigenvalue weighted by Gasteiger charge is 2.38. The summed E-state index contributed by atoms with van der Waals surface area (Å²) in [4.78, 5) is 25.9. The number of hydrogen-bond acceptors (Lipinski definition) is 5. The predicted molar refractivity (Wildman–Crippen MR) is 153 cm³/mol. The Morgan fingerprint density at radius 2 is 1.51 bits per heavy atom. The molecule has 0 aromatic heterocycles. The van der Waals surface area contributed by atoms with Gasteiger partial charge < -0.3 is 14.2 Å². The second-order valence-electron chi connectivity index (χ2n) is 11.7. The van der Waals surface area contributed by atoms with Gasteiger partial charge in [0, 0.05) is 6.61 Å². The lowest BCUT2D eigenvalue weighted by molar-refractivity contribution is -0.148. The van der Waals surface area contributed by atoms with E-state index >= 15 is 0 Å². The SMILES string of the molecule is CCCCOC(C(=O)Oc1ccc(C(=O)OCc2ccccc2)cc1)c1ccc2c(c1)C(C)(C)CCC2(C)C. The first-order valence-corrected chi connectivity index (χ1v) is 13.9. The van der Waals surface area contributed by atoms with Gasteiger partial charge in [0.1, 0.15) is 12.4 Å². The summed E-state index contributed by atoms with van der Waals surface area (Å²) in [6.07, 6.45) is 3.20. The fourth-order valence-electron chi connectivity index (χ4n) is 5.05. The lowest BCUT2D eigenvalue weighted by Crippen LogP contribution is -2.34.